The van der Waals surface area contributed by atoms with Gasteiger partial charge in [-0.25, -0.2) is 8.42 Å². The van der Waals surface area contributed by atoms with Crippen LogP contribution in [0.1, 0.15) is 16.7 Å². The molecule has 1 heterocycles. The van der Waals surface area contributed by atoms with Crippen LogP contribution < -0.4 is 4.74 Å². The second kappa shape index (κ2) is 9.03. The average Bonchev–Trinajstić information content (AvgIpc) is 2.74. The van der Waals surface area contributed by atoms with Crippen LogP contribution in [-0.2, 0) is 14.8 Å². The number of amides is 1. The summed E-state index contributed by atoms with van der Waals surface area (Å²) in [5.41, 5.74) is 2.06. The van der Waals surface area contributed by atoms with Gasteiger partial charge in [-0.2, -0.15) is 4.31 Å². The highest BCUT2D eigenvalue weighted by Crippen LogP contribution is 2.28. The Kier molecular flexibility index (Phi) is 6.61. The fourth-order valence-corrected chi connectivity index (χ4v) is 5.16. The molecule has 0 radical (unpaired) electrons. The SMILES string of the molecule is Cc1ccc(OCC(=O)N2CCN(S(=O)(=O)c3cc(C)ccc3C)CC2)c([N+](=O)[O-])c1. The summed E-state index contributed by atoms with van der Waals surface area (Å²) in [6.07, 6.45) is 0. The van der Waals surface area contributed by atoms with Crippen molar-refractivity contribution in [3.05, 3.63) is 63.2 Å². The molecule has 31 heavy (non-hydrogen) atoms. The predicted molar refractivity (Wildman–Crippen MR) is 115 cm³/mol. The average molecular weight is 448 g/mol. The first kappa shape index (κ1) is 22.7. The number of nitro benzene ring substituents is 1. The van der Waals surface area contributed by atoms with E-state index in [0.29, 0.717) is 11.1 Å². The summed E-state index contributed by atoms with van der Waals surface area (Å²) in [7, 11) is -3.65. The lowest BCUT2D eigenvalue weighted by Crippen LogP contribution is -2.51. The van der Waals surface area contributed by atoms with E-state index in [1.54, 1.807) is 32.0 Å². The van der Waals surface area contributed by atoms with Gasteiger partial charge in [0.05, 0.1) is 9.82 Å². The molecule has 1 aliphatic heterocycles. The molecule has 10 heteroatoms. The maximum atomic E-state index is 13.0. The lowest BCUT2D eigenvalue weighted by molar-refractivity contribution is -0.385. The van der Waals surface area contributed by atoms with E-state index in [1.807, 2.05) is 13.0 Å². The van der Waals surface area contributed by atoms with Gasteiger partial charge in [-0.3, -0.25) is 14.9 Å². The van der Waals surface area contributed by atoms with Crippen molar-refractivity contribution >= 4 is 21.6 Å². The normalized spacial score (nSPS) is 15.0. The highest BCUT2D eigenvalue weighted by molar-refractivity contribution is 7.89. The van der Waals surface area contributed by atoms with Gasteiger partial charge in [0.2, 0.25) is 10.0 Å². The van der Waals surface area contributed by atoms with Crippen molar-refractivity contribution in [2.24, 2.45) is 0 Å². The molecule has 2 aromatic rings. The van der Waals surface area contributed by atoms with Crippen LogP contribution in [0.3, 0.4) is 0 Å². The number of piperazine rings is 1. The van der Waals surface area contributed by atoms with Gasteiger partial charge in [0.15, 0.2) is 12.4 Å². The summed E-state index contributed by atoms with van der Waals surface area (Å²) >= 11 is 0. The maximum Gasteiger partial charge on any atom is 0.311 e. The second-order valence-corrected chi connectivity index (χ2v) is 9.48. The Morgan fingerprint density at radius 2 is 1.65 bits per heavy atom. The van der Waals surface area contributed by atoms with Crippen LogP contribution >= 0.6 is 0 Å². The molecule has 1 saturated heterocycles. The molecule has 1 aliphatic rings. The van der Waals surface area contributed by atoms with E-state index < -0.39 is 14.9 Å². The van der Waals surface area contributed by atoms with E-state index >= 15 is 0 Å². The lowest BCUT2D eigenvalue weighted by Gasteiger charge is -2.34. The monoisotopic (exact) mass is 447 g/mol. The Hall–Kier alpha value is -2.98. The molecule has 0 N–H and O–H groups in total. The van der Waals surface area contributed by atoms with Gasteiger partial charge in [-0.05, 0) is 49.6 Å². The molecule has 0 aliphatic carbocycles. The van der Waals surface area contributed by atoms with E-state index in [2.05, 4.69) is 0 Å². The van der Waals surface area contributed by atoms with Gasteiger partial charge in [0.1, 0.15) is 0 Å². The molecule has 166 valence electrons. The molecule has 0 spiro atoms. The topological polar surface area (TPSA) is 110 Å². The number of hydrogen-bond donors (Lipinski definition) is 0. The van der Waals surface area contributed by atoms with Crippen molar-refractivity contribution in [1.82, 2.24) is 9.21 Å². The minimum atomic E-state index is -3.65. The van der Waals surface area contributed by atoms with Crippen LogP contribution in [-0.4, -0.2) is 61.2 Å². The van der Waals surface area contributed by atoms with Crippen molar-refractivity contribution in [3.63, 3.8) is 0 Å². The number of aryl methyl sites for hydroxylation is 3. The highest BCUT2D eigenvalue weighted by atomic mass is 32.2. The maximum absolute atomic E-state index is 13.0. The second-order valence-electron chi connectivity index (χ2n) is 7.57. The summed E-state index contributed by atoms with van der Waals surface area (Å²) in [4.78, 5) is 24.9. The van der Waals surface area contributed by atoms with Crippen molar-refractivity contribution in [2.75, 3.05) is 32.8 Å². The molecule has 1 fully saturated rings. The standard InChI is InChI=1S/C21H25N3O6S/c1-15-5-7-19(18(12-15)24(26)27)30-14-21(25)22-8-10-23(11-9-22)31(28,29)20-13-16(2)4-6-17(20)3/h4-7,12-13H,8-11,14H2,1-3H3. The van der Waals surface area contributed by atoms with Gasteiger partial charge in [-0.1, -0.05) is 18.2 Å². The Morgan fingerprint density at radius 1 is 1.03 bits per heavy atom. The first-order valence-corrected chi connectivity index (χ1v) is 11.3. The molecule has 0 unspecified atom stereocenters. The Balaban J connectivity index is 1.62. The molecule has 0 aromatic heterocycles. The molecule has 0 saturated carbocycles. The summed E-state index contributed by atoms with van der Waals surface area (Å²) < 4.78 is 32.8. The minimum Gasteiger partial charge on any atom is -0.477 e. The van der Waals surface area contributed by atoms with Gasteiger partial charge in [-0.15, -0.1) is 0 Å². The van der Waals surface area contributed by atoms with E-state index in [9.17, 15) is 23.3 Å². The predicted octanol–water partition coefficient (Wildman–Crippen LogP) is 2.43. The van der Waals surface area contributed by atoms with Gasteiger partial charge in [0, 0.05) is 32.2 Å². The summed E-state index contributed by atoms with van der Waals surface area (Å²) in [5.74, 6) is -0.321. The number of rotatable bonds is 6. The third kappa shape index (κ3) is 5.02. The molecule has 3 rings (SSSR count). The number of benzene rings is 2. The summed E-state index contributed by atoms with van der Waals surface area (Å²) in [6.45, 7) is 5.77. The van der Waals surface area contributed by atoms with Crippen LogP contribution in [0.15, 0.2) is 41.3 Å². The molecule has 0 bridgehead atoms. The first-order chi connectivity index (χ1) is 14.6. The van der Waals surface area contributed by atoms with Gasteiger partial charge >= 0.3 is 5.69 Å². The van der Waals surface area contributed by atoms with Gasteiger partial charge < -0.3 is 9.64 Å². The largest absolute Gasteiger partial charge is 0.477 e. The van der Waals surface area contributed by atoms with E-state index in [-0.39, 0.29) is 55.0 Å². The number of nitro groups is 1. The zero-order valence-electron chi connectivity index (χ0n) is 17.7. The van der Waals surface area contributed by atoms with Crippen LogP contribution in [0.4, 0.5) is 5.69 Å². The van der Waals surface area contributed by atoms with Crippen LogP contribution in [0.5, 0.6) is 5.75 Å². The van der Waals surface area contributed by atoms with E-state index in [4.69, 9.17) is 4.74 Å². The fourth-order valence-electron chi connectivity index (χ4n) is 3.43. The van der Waals surface area contributed by atoms with Gasteiger partial charge in [0.25, 0.3) is 5.91 Å². The molecule has 9 nitrogen and oxygen atoms in total. The molecular weight excluding hydrogens is 422 g/mol. The smallest absolute Gasteiger partial charge is 0.311 e. The third-order valence-corrected chi connectivity index (χ3v) is 7.26. The van der Waals surface area contributed by atoms with Crippen molar-refractivity contribution in [1.29, 1.82) is 0 Å². The lowest BCUT2D eigenvalue weighted by atomic mass is 10.2. The molecule has 0 atom stereocenters. The van der Waals surface area contributed by atoms with Crippen LogP contribution in [0.2, 0.25) is 0 Å². The zero-order chi connectivity index (χ0) is 22.8. The summed E-state index contributed by atoms with van der Waals surface area (Å²) in [6, 6.07) is 9.83. The quantitative estimate of drug-likeness (QED) is 0.497. The molecule has 1 amide bonds. The summed E-state index contributed by atoms with van der Waals surface area (Å²) in [5, 5.41) is 11.2. The van der Waals surface area contributed by atoms with Crippen LogP contribution in [0, 0.1) is 30.9 Å². The number of nitrogens with zero attached hydrogens (tertiary/aromatic N) is 3. The Morgan fingerprint density at radius 3 is 2.29 bits per heavy atom. The number of ether oxygens (including phenoxy) is 1. The highest BCUT2D eigenvalue weighted by Gasteiger charge is 2.31. The molecule has 2 aromatic carbocycles. The Labute approximate surface area is 181 Å². The zero-order valence-corrected chi connectivity index (χ0v) is 18.5. The van der Waals surface area contributed by atoms with Crippen LogP contribution in [0.25, 0.3) is 0 Å². The third-order valence-electron chi connectivity index (χ3n) is 5.22. The minimum absolute atomic E-state index is 0.0279. The van der Waals surface area contributed by atoms with Crippen molar-refractivity contribution < 1.29 is 22.9 Å². The fraction of sp³-hybridized carbons (Fsp3) is 0.381. The van der Waals surface area contributed by atoms with E-state index in [0.717, 1.165) is 5.56 Å². The number of carbonyl (C=O) groups excluding carboxylic acids is 1. The first-order valence-electron chi connectivity index (χ1n) is 9.82. The number of carbonyl (C=O) groups is 1. The number of hydrogen-bond acceptors (Lipinski definition) is 6. The molecular formula is C21H25N3O6S. The van der Waals surface area contributed by atoms with Crippen molar-refractivity contribution in [3.8, 4) is 5.75 Å². The van der Waals surface area contributed by atoms with Crippen molar-refractivity contribution in [2.45, 2.75) is 25.7 Å². The Bertz CT molecular complexity index is 1110. The van der Waals surface area contributed by atoms with E-state index in [1.165, 1.54) is 21.3 Å². The number of sulfonamides is 1.